The van der Waals surface area contributed by atoms with E-state index >= 15 is 0 Å². The standard InChI is InChI=1S/C16H29N3O/c1-6-15(7-2)19(8-9-20-5)16-13(3)10-14(11-17-4)12-18-16/h10,12,15,17H,6-9,11H2,1-5H3. The third kappa shape index (κ3) is 4.46. The summed E-state index contributed by atoms with van der Waals surface area (Å²) in [5.74, 6) is 1.09. The number of nitrogens with zero attached hydrogens (tertiary/aromatic N) is 2. The van der Waals surface area contributed by atoms with Crippen molar-refractivity contribution in [3.05, 3.63) is 23.4 Å². The first-order valence-electron chi connectivity index (χ1n) is 7.53. The van der Waals surface area contributed by atoms with Crippen molar-refractivity contribution in [1.29, 1.82) is 0 Å². The molecule has 0 radical (unpaired) electrons. The van der Waals surface area contributed by atoms with Crippen LogP contribution in [0, 0.1) is 6.92 Å². The lowest BCUT2D eigenvalue weighted by atomic mass is 10.1. The Kier molecular flexibility index (Phi) is 7.55. The molecule has 0 spiro atoms. The summed E-state index contributed by atoms with van der Waals surface area (Å²) in [6, 6.07) is 2.74. The van der Waals surface area contributed by atoms with Gasteiger partial charge in [0.2, 0.25) is 0 Å². The maximum atomic E-state index is 5.26. The largest absolute Gasteiger partial charge is 0.383 e. The first-order chi connectivity index (χ1) is 9.67. The van der Waals surface area contributed by atoms with Gasteiger partial charge in [0.05, 0.1) is 6.61 Å². The Balaban J connectivity index is 2.99. The summed E-state index contributed by atoms with van der Waals surface area (Å²) in [4.78, 5) is 7.09. The van der Waals surface area contributed by atoms with Gasteiger partial charge in [-0.05, 0) is 44.0 Å². The fourth-order valence-electron chi connectivity index (χ4n) is 2.61. The average molecular weight is 279 g/mol. The Morgan fingerprint density at radius 1 is 1.35 bits per heavy atom. The van der Waals surface area contributed by atoms with Gasteiger partial charge in [-0.3, -0.25) is 0 Å². The van der Waals surface area contributed by atoms with Crippen LogP contribution in [0.5, 0.6) is 0 Å². The molecule has 0 aliphatic rings. The summed E-state index contributed by atoms with van der Waals surface area (Å²) in [6.07, 6.45) is 4.22. The molecular formula is C16H29N3O. The lowest BCUT2D eigenvalue weighted by Gasteiger charge is -2.32. The van der Waals surface area contributed by atoms with E-state index in [0.717, 1.165) is 38.4 Å². The average Bonchev–Trinajstić information content (AvgIpc) is 2.45. The predicted molar refractivity (Wildman–Crippen MR) is 85.3 cm³/mol. The van der Waals surface area contributed by atoms with E-state index in [-0.39, 0.29) is 0 Å². The number of pyridine rings is 1. The topological polar surface area (TPSA) is 37.4 Å². The maximum Gasteiger partial charge on any atom is 0.131 e. The molecule has 1 N–H and O–H groups in total. The van der Waals surface area contributed by atoms with Gasteiger partial charge in [-0.2, -0.15) is 0 Å². The van der Waals surface area contributed by atoms with Gasteiger partial charge < -0.3 is 15.0 Å². The summed E-state index contributed by atoms with van der Waals surface area (Å²) < 4.78 is 5.26. The van der Waals surface area contributed by atoms with Crippen LogP contribution in [-0.4, -0.2) is 38.3 Å². The molecule has 0 bridgehead atoms. The second-order valence-electron chi connectivity index (χ2n) is 5.17. The van der Waals surface area contributed by atoms with Crippen LogP contribution in [0.15, 0.2) is 12.3 Å². The molecule has 0 atom stereocenters. The fraction of sp³-hybridized carbons (Fsp3) is 0.688. The van der Waals surface area contributed by atoms with Gasteiger partial charge in [-0.25, -0.2) is 4.98 Å². The first kappa shape index (κ1) is 16.9. The molecule has 114 valence electrons. The number of hydrogen-bond donors (Lipinski definition) is 1. The molecule has 1 heterocycles. The second kappa shape index (κ2) is 8.93. The third-order valence-electron chi connectivity index (χ3n) is 3.68. The summed E-state index contributed by atoms with van der Waals surface area (Å²) in [7, 11) is 3.71. The van der Waals surface area contributed by atoms with Crippen molar-refractivity contribution in [3.8, 4) is 0 Å². The molecule has 0 unspecified atom stereocenters. The van der Waals surface area contributed by atoms with E-state index in [0.29, 0.717) is 6.04 Å². The van der Waals surface area contributed by atoms with E-state index in [4.69, 9.17) is 9.72 Å². The SMILES string of the molecule is CCC(CC)N(CCOC)c1ncc(CNC)cc1C. The molecule has 0 saturated carbocycles. The number of ether oxygens (including phenoxy) is 1. The zero-order valence-corrected chi connectivity index (χ0v) is 13.6. The van der Waals surface area contributed by atoms with Crippen LogP contribution >= 0.6 is 0 Å². The Labute approximate surface area is 123 Å². The molecule has 20 heavy (non-hydrogen) atoms. The minimum atomic E-state index is 0.520. The van der Waals surface area contributed by atoms with Crippen LogP contribution in [0.2, 0.25) is 0 Å². The van der Waals surface area contributed by atoms with Crippen molar-refractivity contribution in [2.75, 3.05) is 32.2 Å². The molecule has 4 heteroatoms. The Morgan fingerprint density at radius 2 is 2.05 bits per heavy atom. The summed E-state index contributed by atoms with van der Waals surface area (Å²) in [5.41, 5.74) is 2.46. The minimum absolute atomic E-state index is 0.520. The van der Waals surface area contributed by atoms with Crippen LogP contribution in [0.1, 0.15) is 37.8 Å². The van der Waals surface area contributed by atoms with Crippen LogP contribution < -0.4 is 10.2 Å². The summed E-state index contributed by atoms with van der Waals surface area (Å²) in [5, 5.41) is 3.17. The van der Waals surface area contributed by atoms with Crippen LogP contribution in [0.25, 0.3) is 0 Å². The number of aromatic nitrogens is 1. The monoisotopic (exact) mass is 279 g/mol. The Hall–Kier alpha value is -1.13. The predicted octanol–water partition coefficient (Wildman–Crippen LogP) is 2.75. The van der Waals surface area contributed by atoms with Crippen molar-refractivity contribution in [2.24, 2.45) is 0 Å². The Morgan fingerprint density at radius 3 is 2.55 bits per heavy atom. The van der Waals surface area contributed by atoms with Gasteiger partial charge in [-0.1, -0.05) is 13.8 Å². The van der Waals surface area contributed by atoms with Crippen LogP contribution in [0.4, 0.5) is 5.82 Å². The second-order valence-corrected chi connectivity index (χ2v) is 5.17. The number of aryl methyl sites for hydroxylation is 1. The smallest absolute Gasteiger partial charge is 0.131 e. The Bertz CT molecular complexity index is 391. The highest BCUT2D eigenvalue weighted by molar-refractivity contribution is 5.48. The normalized spacial score (nSPS) is 11.1. The number of methoxy groups -OCH3 is 1. The van der Waals surface area contributed by atoms with Crippen LogP contribution in [-0.2, 0) is 11.3 Å². The van der Waals surface area contributed by atoms with Crippen molar-refractivity contribution >= 4 is 5.82 Å². The van der Waals surface area contributed by atoms with Gasteiger partial charge in [0, 0.05) is 32.4 Å². The van der Waals surface area contributed by atoms with E-state index in [9.17, 15) is 0 Å². The molecule has 0 aliphatic heterocycles. The van der Waals surface area contributed by atoms with E-state index in [2.05, 4.69) is 37.1 Å². The molecule has 4 nitrogen and oxygen atoms in total. The van der Waals surface area contributed by atoms with E-state index in [1.54, 1.807) is 7.11 Å². The van der Waals surface area contributed by atoms with Gasteiger partial charge in [0.25, 0.3) is 0 Å². The van der Waals surface area contributed by atoms with E-state index in [1.165, 1.54) is 11.1 Å². The molecule has 1 aromatic heterocycles. The maximum absolute atomic E-state index is 5.26. The molecule has 1 aromatic rings. The van der Waals surface area contributed by atoms with Crippen LogP contribution in [0.3, 0.4) is 0 Å². The van der Waals surface area contributed by atoms with E-state index < -0.39 is 0 Å². The quantitative estimate of drug-likeness (QED) is 0.754. The van der Waals surface area contributed by atoms with E-state index in [1.807, 2.05) is 13.2 Å². The highest BCUT2D eigenvalue weighted by Crippen LogP contribution is 2.22. The fourth-order valence-corrected chi connectivity index (χ4v) is 2.61. The van der Waals surface area contributed by atoms with Crippen molar-refractivity contribution in [1.82, 2.24) is 10.3 Å². The number of rotatable bonds is 9. The molecule has 0 aliphatic carbocycles. The zero-order chi connectivity index (χ0) is 15.0. The molecule has 0 fully saturated rings. The van der Waals surface area contributed by atoms with Crippen molar-refractivity contribution in [3.63, 3.8) is 0 Å². The van der Waals surface area contributed by atoms with Crippen molar-refractivity contribution < 1.29 is 4.74 Å². The molecular weight excluding hydrogens is 250 g/mol. The molecule has 1 rings (SSSR count). The number of hydrogen-bond acceptors (Lipinski definition) is 4. The third-order valence-corrected chi connectivity index (χ3v) is 3.68. The van der Waals surface area contributed by atoms with Crippen molar-refractivity contribution in [2.45, 2.75) is 46.2 Å². The molecule has 0 saturated heterocycles. The van der Waals surface area contributed by atoms with Gasteiger partial charge in [-0.15, -0.1) is 0 Å². The zero-order valence-electron chi connectivity index (χ0n) is 13.6. The van der Waals surface area contributed by atoms with Gasteiger partial charge >= 0.3 is 0 Å². The summed E-state index contributed by atoms with van der Waals surface area (Å²) >= 11 is 0. The first-order valence-corrected chi connectivity index (χ1v) is 7.53. The highest BCUT2D eigenvalue weighted by Gasteiger charge is 2.18. The lowest BCUT2D eigenvalue weighted by molar-refractivity contribution is 0.202. The highest BCUT2D eigenvalue weighted by atomic mass is 16.5. The lowest BCUT2D eigenvalue weighted by Crippen LogP contribution is -2.38. The molecule has 0 amide bonds. The minimum Gasteiger partial charge on any atom is -0.383 e. The number of nitrogens with one attached hydrogen (secondary N) is 1. The number of anilines is 1. The molecule has 0 aromatic carbocycles. The van der Waals surface area contributed by atoms with Gasteiger partial charge in [0.1, 0.15) is 5.82 Å². The summed E-state index contributed by atoms with van der Waals surface area (Å²) in [6.45, 7) is 9.09. The van der Waals surface area contributed by atoms with Gasteiger partial charge in [0.15, 0.2) is 0 Å².